The Balaban J connectivity index is 2.02. The second-order valence-electron chi connectivity index (χ2n) is 4.83. The van der Waals surface area contributed by atoms with Gasteiger partial charge in [0.05, 0.1) is 5.69 Å². The summed E-state index contributed by atoms with van der Waals surface area (Å²) in [6.45, 7) is 0. The van der Waals surface area contributed by atoms with Crippen LogP contribution in [0.2, 0.25) is 0 Å². The fourth-order valence-corrected chi connectivity index (χ4v) is 2.47. The number of benzene rings is 1. The topological polar surface area (TPSA) is 58.1 Å². The fourth-order valence-electron chi connectivity index (χ4n) is 2.47. The first-order chi connectivity index (χ1) is 9.69. The maximum atomic E-state index is 11.7. The van der Waals surface area contributed by atoms with E-state index in [2.05, 4.69) is 21.4 Å². The normalized spacial score (nSPS) is 14.1. The SMILES string of the molecule is CNc1cc(-c2ccc3c(c2)CCC(=O)N3C)ncn1. The number of anilines is 2. The zero-order chi connectivity index (χ0) is 14.1. The largest absolute Gasteiger partial charge is 0.373 e. The van der Waals surface area contributed by atoms with Crippen LogP contribution in [0.1, 0.15) is 12.0 Å². The second kappa shape index (κ2) is 4.92. The Kier molecular flexibility index (Phi) is 3.10. The van der Waals surface area contributed by atoms with Crippen molar-refractivity contribution < 1.29 is 4.79 Å². The summed E-state index contributed by atoms with van der Waals surface area (Å²) in [5, 5.41) is 3.01. The Labute approximate surface area is 117 Å². The van der Waals surface area contributed by atoms with Crippen molar-refractivity contribution in [2.75, 3.05) is 24.3 Å². The Morgan fingerprint density at radius 3 is 2.85 bits per heavy atom. The van der Waals surface area contributed by atoms with Gasteiger partial charge >= 0.3 is 0 Å². The summed E-state index contributed by atoms with van der Waals surface area (Å²) in [6.07, 6.45) is 2.91. The molecule has 2 heterocycles. The van der Waals surface area contributed by atoms with Gasteiger partial charge in [-0.05, 0) is 24.1 Å². The lowest BCUT2D eigenvalue weighted by Gasteiger charge is -2.26. The van der Waals surface area contributed by atoms with Crippen LogP contribution in [0.4, 0.5) is 11.5 Å². The van der Waals surface area contributed by atoms with Gasteiger partial charge in [-0.2, -0.15) is 0 Å². The molecule has 5 nitrogen and oxygen atoms in total. The van der Waals surface area contributed by atoms with Crippen LogP contribution >= 0.6 is 0 Å². The number of carbonyl (C=O) groups is 1. The number of nitrogens with one attached hydrogen (secondary N) is 1. The van der Waals surface area contributed by atoms with Crippen LogP contribution in [0.15, 0.2) is 30.6 Å². The van der Waals surface area contributed by atoms with E-state index in [9.17, 15) is 4.79 Å². The third-order valence-electron chi connectivity index (χ3n) is 3.64. The van der Waals surface area contributed by atoms with E-state index in [0.29, 0.717) is 6.42 Å². The molecule has 1 aliphatic rings. The van der Waals surface area contributed by atoms with E-state index in [1.165, 1.54) is 5.56 Å². The summed E-state index contributed by atoms with van der Waals surface area (Å²) in [7, 11) is 3.66. The Morgan fingerprint density at radius 1 is 1.20 bits per heavy atom. The number of amides is 1. The molecule has 0 spiro atoms. The molecule has 20 heavy (non-hydrogen) atoms. The van der Waals surface area contributed by atoms with Gasteiger partial charge in [-0.25, -0.2) is 9.97 Å². The lowest BCUT2D eigenvalue weighted by molar-refractivity contribution is -0.118. The number of fused-ring (bicyclic) bond motifs is 1. The van der Waals surface area contributed by atoms with Crippen LogP contribution in [-0.4, -0.2) is 30.0 Å². The van der Waals surface area contributed by atoms with E-state index >= 15 is 0 Å². The number of nitrogens with zero attached hydrogens (tertiary/aromatic N) is 3. The second-order valence-corrected chi connectivity index (χ2v) is 4.83. The highest BCUT2D eigenvalue weighted by atomic mass is 16.2. The minimum absolute atomic E-state index is 0.171. The molecule has 0 bridgehead atoms. The molecule has 1 aliphatic heterocycles. The molecule has 1 N–H and O–H groups in total. The van der Waals surface area contributed by atoms with Crippen molar-refractivity contribution in [2.24, 2.45) is 0 Å². The van der Waals surface area contributed by atoms with Crippen LogP contribution in [0.25, 0.3) is 11.3 Å². The molecular weight excluding hydrogens is 252 g/mol. The summed E-state index contributed by atoms with van der Waals surface area (Å²) in [6, 6.07) is 8.01. The molecule has 0 unspecified atom stereocenters. The van der Waals surface area contributed by atoms with Crippen molar-refractivity contribution in [3.63, 3.8) is 0 Å². The van der Waals surface area contributed by atoms with Crippen molar-refractivity contribution in [3.05, 3.63) is 36.2 Å². The number of aromatic nitrogens is 2. The molecule has 0 radical (unpaired) electrons. The molecule has 1 amide bonds. The van der Waals surface area contributed by atoms with E-state index in [1.807, 2.05) is 32.3 Å². The van der Waals surface area contributed by atoms with Crippen LogP contribution in [-0.2, 0) is 11.2 Å². The smallest absolute Gasteiger partial charge is 0.227 e. The third kappa shape index (κ3) is 2.11. The van der Waals surface area contributed by atoms with Crippen LogP contribution in [0, 0.1) is 0 Å². The van der Waals surface area contributed by atoms with Gasteiger partial charge in [-0.3, -0.25) is 4.79 Å². The van der Waals surface area contributed by atoms with E-state index in [4.69, 9.17) is 0 Å². The number of hydrogen-bond acceptors (Lipinski definition) is 4. The molecule has 0 saturated carbocycles. The maximum Gasteiger partial charge on any atom is 0.227 e. The summed E-state index contributed by atoms with van der Waals surface area (Å²) >= 11 is 0. The van der Waals surface area contributed by atoms with Crippen molar-refractivity contribution >= 4 is 17.4 Å². The molecular formula is C15H16N4O. The predicted molar refractivity (Wildman–Crippen MR) is 78.7 cm³/mol. The van der Waals surface area contributed by atoms with Crippen LogP contribution < -0.4 is 10.2 Å². The molecule has 5 heteroatoms. The zero-order valence-corrected chi connectivity index (χ0v) is 11.6. The number of rotatable bonds is 2. The van der Waals surface area contributed by atoms with E-state index < -0.39 is 0 Å². The van der Waals surface area contributed by atoms with Crippen LogP contribution in [0.5, 0.6) is 0 Å². The van der Waals surface area contributed by atoms with E-state index in [0.717, 1.165) is 29.2 Å². The van der Waals surface area contributed by atoms with Crippen molar-refractivity contribution in [1.29, 1.82) is 0 Å². The molecule has 102 valence electrons. The minimum atomic E-state index is 0.171. The Bertz CT molecular complexity index is 669. The molecule has 1 aromatic carbocycles. The molecule has 0 atom stereocenters. The summed E-state index contributed by atoms with van der Waals surface area (Å²) < 4.78 is 0. The number of carbonyl (C=O) groups excluding carboxylic acids is 1. The molecule has 2 aromatic rings. The number of aryl methyl sites for hydroxylation is 1. The van der Waals surface area contributed by atoms with Crippen LogP contribution in [0.3, 0.4) is 0 Å². The van der Waals surface area contributed by atoms with Gasteiger partial charge in [-0.1, -0.05) is 6.07 Å². The molecule has 1 aromatic heterocycles. The first kappa shape index (κ1) is 12.6. The quantitative estimate of drug-likeness (QED) is 0.906. The van der Waals surface area contributed by atoms with Gasteiger partial charge in [0, 0.05) is 37.8 Å². The number of hydrogen-bond donors (Lipinski definition) is 1. The average molecular weight is 268 g/mol. The first-order valence-corrected chi connectivity index (χ1v) is 6.58. The van der Waals surface area contributed by atoms with Crippen molar-refractivity contribution in [2.45, 2.75) is 12.8 Å². The monoisotopic (exact) mass is 268 g/mol. The van der Waals surface area contributed by atoms with Gasteiger partial charge in [0.1, 0.15) is 12.1 Å². The molecule has 0 aliphatic carbocycles. The molecule has 0 saturated heterocycles. The highest BCUT2D eigenvalue weighted by molar-refractivity contribution is 5.96. The standard InChI is InChI=1S/C15H16N4O/c1-16-14-8-12(17-9-18-14)10-3-5-13-11(7-10)4-6-15(20)19(13)2/h3,5,7-9H,4,6H2,1-2H3,(H,16,17,18). The van der Waals surface area contributed by atoms with Crippen molar-refractivity contribution in [1.82, 2.24) is 9.97 Å². The van der Waals surface area contributed by atoms with E-state index in [-0.39, 0.29) is 5.91 Å². The fraction of sp³-hybridized carbons (Fsp3) is 0.267. The van der Waals surface area contributed by atoms with Gasteiger partial charge < -0.3 is 10.2 Å². The third-order valence-corrected chi connectivity index (χ3v) is 3.64. The lowest BCUT2D eigenvalue weighted by Crippen LogP contribution is -2.30. The average Bonchev–Trinajstić information content (AvgIpc) is 2.51. The lowest BCUT2D eigenvalue weighted by atomic mass is 9.98. The maximum absolute atomic E-state index is 11.7. The van der Waals surface area contributed by atoms with Gasteiger partial charge in [-0.15, -0.1) is 0 Å². The van der Waals surface area contributed by atoms with Gasteiger partial charge in [0.15, 0.2) is 0 Å². The van der Waals surface area contributed by atoms with Gasteiger partial charge in [0.25, 0.3) is 0 Å². The molecule has 0 fully saturated rings. The first-order valence-electron chi connectivity index (χ1n) is 6.58. The van der Waals surface area contributed by atoms with E-state index in [1.54, 1.807) is 11.2 Å². The predicted octanol–water partition coefficient (Wildman–Crippen LogP) is 2.09. The Morgan fingerprint density at radius 2 is 2.05 bits per heavy atom. The highest BCUT2D eigenvalue weighted by Crippen LogP contribution is 2.30. The molecule has 3 rings (SSSR count). The minimum Gasteiger partial charge on any atom is -0.373 e. The Hall–Kier alpha value is -2.43. The highest BCUT2D eigenvalue weighted by Gasteiger charge is 2.21. The summed E-state index contributed by atoms with van der Waals surface area (Å²) in [5.74, 6) is 0.963. The van der Waals surface area contributed by atoms with Gasteiger partial charge in [0.2, 0.25) is 5.91 Å². The summed E-state index contributed by atoms with van der Waals surface area (Å²) in [4.78, 5) is 21.8. The van der Waals surface area contributed by atoms with Crippen molar-refractivity contribution in [3.8, 4) is 11.3 Å². The zero-order valence-electron chi connectivity index (χ0n) is 11.6. The summed E-state index contributed by atoms with van der Waals surface area (Å²) in [5.41, 5.74) is 4.11.